The van der Waals surface area contributed by atoms with Gasteiger partial charge < -0.3 is 5.73 Å². The molecular formula is C8H11CaN. The fourth-order valence-corrected chi connectivity index (χ4v) is 0.811. The average molecular weight is 161 g/mol. The summed E-state index contributed by atoms with van der Waals surface area (Å²) in [5.74, 6) is 0. The Kier molecular flexibility index (Phi) is 6.44. The van der Waals surface area contributed by atoms with E-state index in [2.05, 4.69) is 12.1 Å². The molecule has 1 aromatic carbocycles. The van der Waals surface area contributed by atoms with Crippen LogP contribution in [0.15, 0.2) is 30.3 Å². The molecule has 50 valence electrons. The first-order valence-corrected chi connectivity index (χ1v) is 3.17. The third-order valence-corrected chi connectivity index (χ3v) is 1.28. The van der Waals surface area contributed by atoms with Crippen LogP contribution >= 0.6 is 0 Å². The fraction of sp³-hybridized carbons (Fsp3) is 0.250. The van der Waals surface area contributed by atoms with Gasteiger partial charge in [0.1, 0.15) is 0 Å². The first-order chi connectivity index (χ1) is 4.43. The molecule has 10 heavy (non-hydrogen) atoms. The summed E-state index contributed by atoms with van der Waals surface area (Å²) in [6.07, 6.45) is 0.987. The summed E-state index contributed by atoms with van der Waals surface area (Å²) in [4.78, 5) is 0. The van der Waals surface area contributed by atoms with Gasteiger partial charge in [0.25, 0.3) is 0 Å². The number of nitrogens with two attached hydrogens (primary N) is 1. The Bertz CT molecular complexity index is 162. The standard InChI is InChI=1S/C8H11N.Ca/c9-7-6-8-4-2-1-3-5-8;/h1-5H,6-7,9H2;. The summed E-state index contributed by atoms with van der Waals surface area (Å²) in [5, 5.41) is 0. The molecule has 1 rings (SSSR count). The fourth-order valence-electron chi connectivity index (χ4n) is 0.811. The molecule has 0 amide bonds. The van der Waals surface area contributed by atoms with Crippen LogP contribution in [0.3, 0.4) is 0 Å². The Morgan fingerprint density at radius 2 is 1.70 bits per heavy atom. The first kappa shape index (κ1) is 10.4. The van der Waals surface area contributed by atoms with Crippen LogP contribution in [0.1, 0.15) is 5.56 Å². The van der Waals surface area contributed by atoms with Gasteiger partial charge in [-0.25, -0.2) is 0 Å². The van der Waals surface area contributed by atoms with Crippen molar-refractivity contribution in [3.8, 4) is 0 Å². The van der Waals surface area contributed by atoms with Crippen molar-refractivity contribution < 1.29 is 0 Å². The minimum Gasteiger partial charge on any atom is -0.330 e. The van der Waals surface area contributed by atoms with Crippen LogP contribution in [0.4, 0.5) is 0 Å². The third kappa shape index (κ3) is 3.57. The molecule has 0 aliphatic heterocycles. The second-order valence-electron chi connectivity index (χ2n) is 2.02. The van der Waals surface area contributed by atoms with E-state index >= 15 is 0 Å². The van der Waals surface area contributed by atoms with Crippen molar-refractivity contribution in [1.29, 1.82) is 0 Å². The van der Waals surface area contributed by atoms with Gasteiger partial charge in [0.2, 0.25) is 0 Å². The molecule has 0 saturated carbocycles. The molecule has 0 aliphatic carbocycles. The SMILES string of the molecule is NCCc1ccccc1.[Ca]. The smallest absolute Gasteiger partial charge is 0 e. The van der Waals surface area contributed by atoms with Crippen LogP contribution in [0.5, 0.6) is 0 Å². The molecule has 2 heteroatoms. The van der Waals surface area contributed by atoms with Gasteiger partial charge in [-0.2, -0.15) is 0 Å². The van der Waals surface area contributed by atoms with E-state index in [1.54, 1.807) is 0 Å². The first-order valence-electron chi connectivity index (χ1n) is 3.17. The van der Waals surface area contributed by atoms with Crippen molar-refractivity contribution in [3.63, 3.8) is 0 Å². The van der Waals surface area contributed by atoms with Gasteiger partial charge in [0, 0.05) is 37.7 Å². The maximum Gasteiger partial charge on any atom is 0 e. The van der Waals surface area contributed by atoms with Crippen molar-refractivity contribution in [2.45, 2.75) is 6.42 Å². The second kappa shape index (κ2) is 6.17. The Balaban J connectivity index is 0.000000810. The Morgan fingerprint density at radius 3 is 2.20 bits per heavy atom. The monoisotopic (exact) mass is 161 g/mol. The molecule has 0 atom stereocenters. The zero-order chi connectivity index (χ0) is 6.53. The normalized spacial score (nSPS) is 8.50. The molecule has 0 spiro atoms. The molecule has 1 nitrogen and oxygen atoms in total. The molecule has 1 aromatic rings. The Labute approximate surface area is 91.6 Å². The number of rotatable bonds is 2. The van der Waals surface area contributed by atoms with Gasteiger partial charge >= 0.3 is 0 Å². The van der Waals surface area contributed by atoms with Crippen LogP contribution in [-0.4, -0.2) is 44.3 Å². The molecule has 0 bridgehead atoms. The van der Waals surface area contributed by atoms with Gasteiger partial charge in [0.15, 0.2) is 0 Å². The van der Waals surface area contributed by atoms with Crippen molar-refractivity contribution in [2.75, 3.05) is 6.54 Å². The summed E-state index contributed by atoms with van der Waals surface area (Å²) in [5.41, 5.74) is 6.68. The maximum atomic E-state index is 5.36. The van der Waals surface area contributed by atoms with E-state index in [1.807, 2.05) is 18.2 Å². The molecule has 0 aromatic heterocycles. The topological polar surface area (TPSA) is 26.0 Å². The largest absolute Gasteiger partial charge is 0.330 e. The summed E-state index contributed by atoms with van der Waals surface area (Å²) in [7, 11) is 0. The summed E-state index contributed by atoms with van der Waals surface area (Å²) < 4.78 is 0. The van der Waals surface area contributed by atoms with Gasteiger partial charge in [-0.3, -0.25) is 0 Å². The van der Waals surface area contributed by atoms with E-state index in [0.29, 0.717) is 0 Å². The van der Waals surface area contributed by atoms with Crippen LogP contribution in [0.25, 0.3) is 0 Å². The van der Waals surface area contributed by atoms with E-state index in [9.17, 15) is 0 Å². The number of benzene rings is 1. The summed E-state index contributed by atoms with van der Waals surface area (Å²) >= 11 is 0. The molecular weight excluding hydrogens is 150 g/mol. The van der Waals surface area contributed by atoms with Crippen LogP contribution in [0.2, 0.25) is 0 Å². The quantitative estimate of drug-likeness (QED) is 0.638. The minimum atomic E-state index is 0. The minimum absolute atomic E-state index is 0. The predicted molar refractivity (Wildman–Crippen MR) is 45.0 cm³/mol. The van der Waals surface area contributed by atoms with Crippen molar-refractivity contribution >= 4 is 37.7 Å². The zero-order valence-corrected chi connectivity index (χ0v) is 8.29. The van der Waals surface area contributed by atoms with Crippen LogP contribution in [0, 0.1) is 0 Å². The molecule has 2 radical (unpaired) electrons. The molecule has 0 fully saturated rings. The molecule has 0 aliphatic rings. The third-order valence-electron chi connectivity index (χ3n) is 1.28. The number of hydrogen-bond acceptors (Lipinski definition) is 1. The molecule has 0 saturated heterocycles. The summed E-state index contributed by atoms with van der Waals surface area (Å²) in [6, 6.07) is 10.3. The molecule has 2 N–H and O–H groups in total. The summed E-state index contributed by atoms with van der Waals surface area (Å²) in [6.45, 7) is 0.740. The van der Waals surface area contributed by atoms with E-state index in [1.165, 1.54) is 5.56 Å². The van der Waals surface area contributed by atoms with Crippen LogP contribution in [-0.2, 0) is 6.42 Å². The zero-order valence-electron chi connectivity index (χ0n) is 6.09. The van der Waals surface area contributed by atoms with Crippen molar-refractivity contribution in [1.82, 2.24) is 0 Å². The van der Waals surface area contributed by atoms with Crippen molar-refractivity contribution in [3.05, 3.63) is 35.9 Å². The van der Waals surface area contributed by atoms with E-state index in [0.717, 1.165) is 13.0 Å². The van der Waals surface area contributed by atoms with Gasteiger partial charge in [-0.1, -0.05) is 30.3 Å². The van der Waals surface area contributed by atoms with Gasteiger partial charge in [-0.05, 0) is 18.5 Å². The second-order valence-corrected chi connectivity index (χ2v) is 2.02. The maximum absolute atomic E-state index is 5.36. The van der Waals surface area contributed by atoms with Crippen LogP contribution < -0.4 is 5.73 Å². The van der Waals surface area contributed by atoms with E-state index in [-0.39, 0.29) is 37.7 Å². The average Bonchev–Trinajstić information content (AvgIpc) is 1.91. The van der Waals surface area contributed by atoms with Gasteiger partial charge in [-0.15, -0.1) is 0 Å². The molecule has 0 unspecified atom stereocenters. The Morgan fingerprint density at radius 1 is 1.10 bits per heavy atom. The Hall–Kier alpha value is 0.440. The van der Waals surface area contributed by atoms with E-state index in [4.69, 9.17) is 5.73 Å². The van der Waals surface area contributed by atoms with Crippen molar-refractivity contribution in [2.24, 2.45) is 5.73 Å². The number of hydrogen-bond donors (Lipinski definition) is 1. The predicted octanol–water partition coefficient (Wildman–Crippen LogP) is 0.807. The van der Waals surface area contributed by atoms with Gasteiger partial charge in [0.05, 0.1) is 0 Å². The molecule has 0 heterocycles. The van der Waals surface area contributed by atoms with E-state index < -0.39 is 0 Å².